The van der Waals surface area contributed by atoms with Gasteiger partial charge in [0, 0.05) is 5.56 Å². The number of nitrogens with one attached hydrogen (secondary N) is 1. The van der Waals surface area contributed by atoms with Crippen LogP contribution < -0.4 is 5.32 Å². The maximum Gasteiger partial charge on any atom is 0.334 e. The van der Waals surface area contributed by atoms with Crippen LogP contribution in [0.5, 0.6) is 0 Å². The Morgan fingerprint density at radius 2 is 2.00 bits per heavy atom. The zero-order valence-electron chi connectivity index (χ0n) is 11.9. The van der Waals surface area contributed by atoms with Crippen LogP contribution in [-0.2, 0) is 9.53 Å². The fraction of sp³-hybridized carbons (Fsp3) is 0.500. The van der Waals surface area contributed by atoms with Gasteiger partial charge in [-0.3, -0.25) is 4.79 Å². The van der Waals surface area contributed by atoms with Crippen molar-refractivity contribution in [1.82, 2.24) is 5.32 Å². The predicted molar refractivity (Wildman–Crippen MR) is 75.5 cm³/mol. The summed E-state index contributed by atoms with van der Waals surface area (Å²) in [5.74, 6) is -0.901. The molecule has 1 aromatic carbocycles. The largest absolute Gasteiger partial charge is 0.467 e. The third-order valence-corrected chi connectivity index (χ3v) is 4.91. The maximum atomic E-state index is 12.4. The lowest BCUT2D eigenvalue weighted by atomic mass is 9.78. The van der Waals surface area contributed by atoms with Gasteiger partial charge < -0.3 is 15.2 Å². The van der Waals surface area contributed by atoms with E-state index in [1.54, 1.807) is 24.3 Å². The molecule has 1 aromatic rings. The van der Waals surface area contributed by atoms with E-state index in [2.05, 4.69) is 5.32 Å². The molecule has 21 heavy (non-hydrogen) atoms. The summed E-state index contributed by atoms with van der Waals surface area (Å²) < 4.78 is 4.88. The highest BCUT2D eigenvalue weighted by molar-refractivity contribution is 5.98. The molecule has 5 nitrogen and oxygen atoms in total. The quantitative estimate of drug-likeness (QED) is 0.818. The number of carbonyl (C=O) groups is 2. The van der Waals surface area contributed by atoms with Crippen molar-refractivity contribution < 1.29 is 19.4 Å². The summed E-state index contributed by atoms with van der Waals surface area (Å²) in [6.07, 6.45) is 1.60. The van der Waals surface area contributed by atoms with E-state index < -0.39 is 17.6 Å². The highest BCUT2D eigenvalue weighted by Gasteiger charge is 2.63. The first kappa shape index (κ1) is 14.1. The van der Waals surface area contributed by atoms with Gasteiger partial charge in [-0.15, -0.1) is 0 Å². The monoisotopic (exact) mass is 289 g/mol. The van der Waals surface area contributed by atoms with Crippen molar-refractivity contribution in [3.8, 4) is 0 Å². The average molecular weight is 289 g/mol. The molecular weight excluding hydrogens is 270 g/mol. The number of aliphatic hydroxyl groups is 1. The van der Waals surface area contributed by atoms with Gasteiger partial charge in [-0.25, -0.2) is 4.79 Å². The Bertz CT molecular complexity index is 555. The maximum absolute atomic E-state index is 12.4. The molecular formula is C16H19NO4. The van der Waals surface area contributed by atoms with Gasteiger partial charge in [-0.05, 0) is 43.2 Å². The van der Waals surface area contributed by atoms with Crippen molar-refractivity contribution in [3.63, 3.8) is 0 Å². The molecule has 2 saturated carbocycles. The van der Waals surface area contributed by atoms with E-state index in [1.165, 1.54) is 7.11 Å². The van der Waals surface area contributed by atoms with Crippen LogP contribution in [0, 0.1) is 11.8 Å². The first-order valence-electron chi connectivity index (χ1n) is 7.23. The standard InChI is InChI=1S/C16H19NO4/c1-21-15(20)16(12-8-7-11(9-12)13(16)18)17-14(19)10-5-3-2-4-6-10/h2-6,11-13,18H,7-9H2,1H3,(H,17,19)/t11-,12+,13-,16+/m0/s1. The minimum absolute atomic E-state index is 0.0578. The number of ether oxygens (including phenoxy) is 1. The van der Waals surface area contributed by atoms with Gasteiger partial charge in [-0.2, -0.15) is 0 Å². The molecule has 0 aliphatic heterocycles. The summed E-state index contributed by atoms with van der Waals surface area (Å²) >= 11 is 0. The van der Waals surface area contributed by atoms with Gasteiger partial charge in [0.05, 0.1) is 13.2 Å². The number of hydrogen-bond acceptors (Lipinski definition) is 4. The molecule has 2 N–H and O–H groups in total. The fourth-order valence-corrected chi connectivity index (χ4v) is 3.86. The van der Waals surface area contributed by atoms with Gasteiger partial charge in [0.25, 0.3) is 5.91 Å². The summed E-state index contributed by atoms with van der Waals surface area (Å²) in [6.45, 7) is 0. The second-order valence-electron chi connectivity index (χ2n) is 5.90. The molecule has 2 aliphatic rings. The van der Waals surface area contributed by atoms with Crippen LogP contribution in [0.1, 0.15) is 29.6 Å². The topological polar surface area (TPSA) is 75.6 Å². The van der Waals surface area contributed by atoms with Crippen LogP contribution in [0.3, 0.4) is 0 Å². The molecule has 5 heteroatoms. The number of amides is 1. The first-order chi connectivity index (χ1) is 10.1. The lowest BCUT2D eigenvalue weighted by Crippen LogP contribution is -2.65. The summed E-state index contributed by atoms with van der Waals surface area (Å²) in [5.41, 5.74) is -0.833. The van der Waals surface area contributed by atoms with Crippen LogP contribution in [-0.4, -0.2) is 35.7 Å². The number of esters is 1. The molecule has 0 spiro atoms. The molecule has 0 radical (unpaired) electrons. The zero-order valence-corrected chi connectivity index (χ0v) is 11.9. The minimum Gasteiger partial charge on any atom is -0.467 e. The van der Waals surface area contributed by atoms with Crippen LogP contribution in [0.25, 0.3) is 0 Å². The molecule has 1 amide bonds. The molecule has 2 aliphatic carbocycles. The van der Waals surface area contributed by atoms with Crippen LogP contribution in [0.15, 0.2) is 30.3 Å². The second kappa shape index (κ2) is 5.15. The zero-order chi connectivity index (χ0) is 15.0. The summed E-state index contributed by atoms with van der Waals surface area (Å²) in [7, 11) is 1.29. The van der Waals surface area contributed by atoms with Crippen molar-refractivity contribution in [2.45, 2.75) is 30.9 Å². The highest BCUT2D eigenvalue weighted by Crippen LogP contribution is 2.51. The molecule has 0 aromatic heterocycles. The number of methoxy groups -OCH3 is 1. The Kier molecular flexibility index (Phi) is 3.45. The molecule has 3 rings (SSSR count). The molecule has 0 heterocycles. The minimum atomic E-state index is -1.30. The predicted octanol–water partition coefficient (Wildman–Crippen LogP) is 1.12. The number of hydrogen-bond donors (Lipinski definition) is 2. The average Bonchev–Trinajstić information content (AvgIpc) is 3.10. The van der Waals surface area contributed by atoms with Crippen molar-refractivity contribution in [3.05, 3.63) is 35.9 Å². The number of carbonyl (C=O) groups excluding carboxylic acids is 2. The van der Waals surface area contributed by atoms with E-state index in [1.807, 2.05) is 6.07 Å². The number of rotatable bonds is 3. The Labute approximate surface area is 123 Å². The Balaban J connectivity index is 1.91. The number of fused-ring (bicyclic) bond motifs is 2. The van der Waals surface area contributed by atoms with Crippen LogP contribution >= 0.6 is 0 Å². The third-order valence-electron chi connectivity index (χ3n) is 4.91. The van der Waals surface area contributed by atoms with E-state index in [4.69, 9.17) is 4.74 Å². The van der Waals surface area contributed by atoms with Crippen molar-refractivity contribution in [2.24, 2.45) is 11.8 Å². The second-order valence-corrected chi connectivity index (χ2v) is 5.90. The Hall–Kier alpha value is -1.88. The highest BCUT2D eigenvalue weighted by atomic mass is 16.5. The Morgan fingerprint density at radius 1 is 1.29 bits per heavy atom. The third kappa shape index (κ3) is 2.03. The fourth-order valence-electron chi connectivity index (χ4n) is 3.86. The van der Waals surface area contributed by atoms with Crippen LogP contribution in [0.2, 0.25) is 0 Å². The molecule has 2 fully saturated rings. The molecule has 0 saturated heterocycles. The number of aliphatic hydroxyl groups excluding tert-OH is 1. The van der Waals surface area contributed by atoms with Crippen LogP contribution in [0.4, 0.5) is 0 Å². The van der Waals surface area contributed by atoms with Crippen molar-refractivity contribution in [1.29, 1.82) is 0 Å². The summed E-state index contributed by atoms with van der Waals surface area (Å²) in [6, 6.07) is 8.70. The van der Waals surface area contributed by atoms with E-state index in [9.17, 15) is 14.7 Å². The summed E-state index contributed by atoms with van der Waals surface area (Å²) in [5, 5.41) is 13.3. The molecule has 4 atom stereocenters. The van der Waals surface area contributed by atoms with Gasteiger partial charge >= 0.3 is 5.97 Å². The first-order valence-corrected chi connectivity index (χ1v) is 7.23. The lowest BCUT2D eigenvalue weighted by Gasteiger charge is -2.39. The SMILES string of the molecule is COC(=O)[C@@]1(NC(=O)c2ccccc2)[C@@H]2CC[C@@H](C2)[C@@H]1O. The lowest BCUT2D eigenvalue weighted by molar-refractivity contribution is -0.156. The Morgan fingerprint density at radius 3 is 2.57 bits per heavy atom. The van der Waals surface area contributed by atoms with Gasteiger partial charge in [0.15, 0.2) is 5.54 Å². The summed E-state index contributed by atoms with van der Waals surface area (Å²) in [4.78, 5) is 24.7. The normalized spacial score (nSPS) is 33.7. The molecule has 2 bridgehead atoms. The molecule has 112 valence electrons. The van der Waals surface area contributed by atoms with Crippen molar-refractivity contribution >= 4 is 11.9 Å². The van der Waals surface area contributed by atoms with Gasteiger partial charge in [-0.1, -0.05) is 18.2 Å². The molecule has 0 unspecified atom stereocenters. The van der Waals surface area contributed by atoms with E-state index in [-0.39, 0.29) is 17.7 Å². The van der Waals surface area contributed by atoms with E-state index >= 15 is 0 Å². The van der Waals surface area contributed by atoms with Gasteiger partial charge in [0.2, 0.25) is 0 Å². The smallest absolute Gasteiger partial charge is 0.334 e. The van der Waals surface area contributed by atoms with Crippen molar-refractivity contribution in [2.75, 3.05) is 7.11 Å². The van der Waals surface area contributed by atoms with E-state index in [0.717, 1.165) is 19.3 Å². The number of benzene rings is 1. The van der Waals surface area contributed by atoms with E-state index in [0.29, 0.717) is 5.56 Å². The van der Waals surface area contributed by atoms with Gasteiger partial charge in [0.1, 0.15) is 0 Å².